The molecule has 0 atom stereocenters. The summed E-state index contributed by atoms with van der Waals surface area (Å²) in [7, 11) is 0. The lowest BCUT2D eigenvalue weighted by atomic mass is 10.1. The van der Waals surface area contributed by atoms with Crippen LogP contribution in [0.4, 0.5) is 5.69 Å². The van der Waals surface area contributed by atoms with Crippen LogP contribution in [0.1, 0.15) is 30.8 Å². The molecule has 0 radical (unpaired) electrons. The zero-order valence-corrected chi connectivity index (χ0v) is 23.2. The lowest BCUT2D eigenvalue weighted by molar-refractivity contribution is -0.386. The Morgan fingerprint density at radius 2 is 1.78 bits per heavy atom. The van der Waals surface area contributed by atoms with Gasteiger partial charge in [-0.05, 0) is 48.9 Å². The number of nitro groups is 1. The van der Waals surface area contributed by atoms with Crippen molar-refractivity contribution in [2.75, 3.05) is 6.61 Å². The van der Waals surface area contributed by atoms with Crippen molar-refractivity contribution in [2.24, 2.45) is 5.10 Å². The summed E-state index contributed by atoms with van der Waals surface area (Å²) >= 11 is 6.76. The summed E-state index contributed by atoms with van der Waals surface area (Å²) in [4.78, 5) is 29.1. The van der Waals surface area contributed by atoms with Crippen molar-refractivity contribution in [3.63, 3.8) is 0 Å². The molecule has 0 aliphatic rings. The van der Waals surface area contributed by atoms with Crippen molar-refractivity contribution in [3.8, 4) is 11.5 Å². The van der Waals surface area contributed by atoms with E-state index < -0.39 is 4.92 Å². The molecule has 11 heteroatoms. The maximum atomic E-state index is 13.2. The van der Waals surface area contributed by atoms with Crippen LogP contribution < -0.4 is 15.0 Å². The van der Waals surface area contributed by atoms with Crippen molar-refractivity contribution in [2.45, 2.75) is 26.9 Å². The molecule has 0 N–H and O–H groups in total. The van der Waals surface area contributed by atoms with Crippen LogP contribution in [0.5, 0.6) is 11.5 Å². The maximum Gasteiger partial charge on any atom is 0.315 e. The van der Waals surface area contributed by atoms with Gasteiger partial charge in [-0.25, -0.2) is 4.98 Å². The van der Waals surface area contributed by atoms with Crippen LogP contribution in [0.25, 0.3) is 10.9 Å². The molecular formula is C26H22Br2N4O5. The van der Waals surface area contributed by atoms with E-state index in [1.54, 1.807) is 25.1 Å². The lowest BCUT2D eigenvalue weighted by Crippen LogP contribution is -2.22. The predicted octanol–water partition coefficient (Wildman–Crippen LogP) is 6.25. The van der Waals surface area contributed by atoms with Crippen molar-refractivity contribution < 1.29 is 14.4 Å². The standard InChI is InChI=1S/C26H22Br2N4O5/c1-3-24-30-21-10-9-19(28)13-20(21)26(33)31(24)29-14-17-11-22(32(34)35)25(23(12-17)36-4-2)37-15-16-5-7-18(27)8-6-16/h5-14H,3-4,15H2,1-2H3. The van der Waals surface area contributed by atoms with Crippen LogP contribution in [0, 0.1) is 10.1 Å². The summed E-state index contributed by atoms with van der Waals surface area (Å²) in [6, 6.07) is 15.6. The fourth-order valence-corrected chi connectivity index (χ4v) is 4.25. The first-order chi connectivity index (χ1) is 17.8. The minimum atomic E-state index is -0.532. The van der Waals surface area contributed by atoms with E-state index in [0.29, 0.717) is 28.7 Å². The van der Waals surface area contributed by atoms with Gasteiger partial charge >= 0.3 is 5.69 Å². The molecule has 0 bridgehead atoms. The third kappa shape index (κ3) is 6.05. The Balaban J connectivity index is 1.74. The average molecular weight is 630 g/mol. The molecule has 37 heavy (non-hydrogen) atoms. The van der Waals surface area contributed by atoms with Gasteiger partial charge in [0.25, 0.3) is 5.56 Å². The number of rotatable bonds is 9. The van der Waals surface area contributed by atoms with E-state index in [0.717, 1.165) is 14.5 Å². The number of nitro benzene ring substituents is 1. The Hall–Kier alpha value is -3.57. The Morgan fingerprint density at radius 1 is 1.05 bits per heavy atom. The Kier molecular flexibility index (Phi) is 8.34. The fraction of sp³-hybridized carbons (Fsp3) is 0.192. The van der Waals surface area contributed by atoms with Crippen LogP contribution in [-0.2, 0) is 13.0 Å². The van der Waals surface area contributed by atoms with Crippen molar-refractivity contribution in [1.29, 1.82) is 0 Å². The highest BCUT2D eigenvalue weighted by molar-refractivity contribution is 9.10. The Labute approximate surface area is 229 Å². The second-order valence-corrected chi connectivity index (χ2v) is 9.71. The number of hydrogen-bond acceptors (Lipinski definition) is 7. The van der Waals surface area contributed by atoms with Gasteiger partial charge < -0.3 is 9.47 Å². The van der Waals surface area contributed by atoms with Gasteiger partial charge in [0.2, 0.25) is 5.75 Å². The SMILES string of the molecule is CCOc1cc(C=Nn2c(CC)nc3ccc(Br)cc3c2=O)cc([N+](=O)[O-])c1OCc1ccc(Br)cc1. The largest absolute Gasteiger partial charge is 0.490 e. The predicted molar refractivity (Wildman–Crippen MR) is 149 cm³/mol. The summed E-state index contributed by atoms with van der Waals surface area (Å²) in [6.07, 6.45) is 1.84. The van der Waals surface area contributed by atoms with Crippen molar-refractivity contribution in [1.82, 2.24) is 9.66 Å². The molecule has 0 aliphatic heterocycles. The Bertz CT molecular complexity index is 1550. The third-order valence-corrected chi connectivity index (χ3v) is 6.39. The topological polar surface area (TPSA) is 109 Å². The minimum absolute atomic E-state index is 0.0237. The van der Waals surface area contributed by atoms with Crippen LogP contribution in [0.3, 0.4) is 0 Å². The highest BCUT2D eigenvalue weighted by Crippen LogP contribution is 2.39. The van der Waals surface area contributed by atoms with Crippen LogP contribution >= 0.6 is 31.9 Å². The normalized spacial score (nSPS) is 11.2. The summed E-state index contributed by atoms with van der Waals surface area (Å²) in [5.74, 6) is 0.694. The summed E-state index contributed by atoms with van der Waals surface area (Å²) < 4.78 is 14.4. The highest BCUT2D eigenvalue weighted by Gasteiger charge is 2.23. The van der Waals surface area contributed by atoms with E-state index in [2.05, 4.69) is 41.9 Å². The number of aromatic nitrogens is 2. The van der Waals surface area contributed by atoms with Crippen molar-refractivity contribution in [3.05, 3.63) is 101 Å². The van der Waals surface area contributed by atoms with Gasteiger partial charge in [-0.15, -0.1) is 0 Å². The monoisotopic (exact) mass is 628 g/mol. The molecule has 0 saturated heterocycles. The van der Waals surface area contributed by atoms with E-state index in [1.165, 1.54) is 17.0 Å². The number of halogens is 2. The zero-order valence-electron chi connectivity index (χ0n) is 20.0. The minimum Gasteiger partial charge on any atom is -0.490 e. The first kappa shape index (κ1) is 26.5. The molecule has 9 nitrogen and oxygen atoms in total. The molecule has 190 valence electrons. The maximum absolute atomic E-state index is 13.2. The second-order valence-electron chi connectivity index (χ2n) is 7.88. The number of benzene rings is 3. The molecule has 4 rings (SSSR count). The van der Waals surface area contributed by atoms with Gasteiger partial charge in [0, 0.05) is 27.0 Å². The number of fused-ring (bicyclic) bond motifs is 1. The fourth-order valence-electron chi connectivity index (χ4n) is 3.63. The van der Waals surface area contributed by atoms with Crippen LogP contribution in [0.15, 0.2) is 73.4 Å². The molecule has 0 spiro atoms. The quantitative estimate of drug-likeness (QED) is 0.123. The molecule has 0 aliphatic carbocycles. The molecule has 3 aromatic carbocycles. The number of aryl methyl sites for hydroxylation is 1. The smallest absolute Gasteiger partial charge is 0.315 e. The molecule has 1 heterocycles. The second kappa shape index (κ2) is 11.7. The molecule has 4 aromatic rings. The van der Waals surface area contributed by atoms with Crippen LogP contribution in [0.2, 0.25) is 0 Å². The van der Waals surface area contributed by atoms with Gasteiger partial charge in [-0.1, -0.05) is 50.9 Å². The Morgan fingerprint density at radius 3 is 2.46 bits per heavy atom. The van der Waals surface area contributed by atoms with E-state index in [4.69, 9.17) is 9.47 Å². The molecule has 1 aromatic heterocycles. The van der Waals surface area contributed by atoms with Gasteiger partial charge in [-0.2, -0.15) is 9.78 Å². The van der Waals surface area contributed by atoms with E-state index in [9.17, 15) is 14.9 Å². The molecule has 0 saturated carbocycles. The summed E-state index contributed by atoms with van der Waals surface area (Å²) in [6.45, 7) is 4.04. The van der Waals surface area contributed by atoms with Gasteiger partial charge in [-0.3, -0.25) is 14.9 Å². The summed E-state index contributed by atoms with van der Waals surface area (Å²) in [5.41, 5.74) is 1.17. The van der Waals surface area contributed by atoms with Gasteiger partial charge in [0.05, 0.1) is 28.6 Å². The number of hydrogen-bond donors (Lipinski definition) is 0. The van der Waals surface area contributed by atoms with E-state index in [-0.39, 0.29) is 36.0 Å². The van der Waals surface area contributed by atoms with Gasteiger partial charge in [0.1, 0.15) is 12.4 Å². The molecule has 0 fully saturated rings. The number of nitrogens with zero attached hydrogens (tertiary/aromatic N) is 4. The van der Waals surface area contributed by atoms with Gasteiger partial charge in [0.15, 0.2) is 5.75 Å². The zero-order chi connectivity index (χ0) is 26.5. The molecule has 0 unspecified atom stereocenters. The number of ether oxygens (including phenoxy) is 2. The highest BCUT2D eigenvalue weighted by atomic mass is 79.9. The van der Waals surface area contributed by atoms with Crippen LogP contribution in [-0.4, -0.2) is 27.4 Å². The van der Waals surface area contributed by atoms with E-state index in [1.807, 2.05) is 37.3 Å². The molecular weight excluding hydrogens is 608 g/mol. The first-order valence-electron chi connectivity index (χ1n) is 11.4. The van der Waals surface area contributed by atoms with Crippen molar-refractivity contribution >= 4 is 54.7 Å². The average Bonchev–Trinajstić information content (AvgIpc) is 2.88. The lowest BCUT2D eigenvalue weighted by Gasteiger charge is -2.13. The molecule has 0 amide bonds. The first-order valence-corrected chi connectivity index (χ1v) is 13.0. The third-order valence-electron chi connectivity index (χ3n) is 5.36. The summed E-state index contributed by atoms with van der Waals surface area (Å²) in [5, 5.41) is 16.7. The van der Waals surface area contributed by atoms with E-state index >= 15 is 0 Å².